The average molecular weight is 365 g/mol. The Balaban J connectivity index is 1.88. The Morgan fingerprint density at radius 3 is 2.63 bits per heavy atom. The molecule has 0 unspecified atom stereocenters. The monoisotopic (exact) mass is 365 g/mol. The molecule has 8 heteroatoms. The maximum Gasteiger partial charge on any atom is 0.275 e. The van der Waals surface area contributed by atoms with Crippen LogP contribution in [0.2, 0.25) is 0 Å². The summed E-state index contributed by atoms with van der Waals surface area (Å²) < 4.78 is 5.16. The Hall–Kier alpha value is -3.35. The second kappa shape index (κ2) is 8.35. The molecule has 2 amide bonds. The van der Waals surface area contributed by atoms with Gasteiger partial charge in [-0.25, -0.2) is 10.0 Å². The summed E-state index contributed by atoms with van der Waals surface area (Å²) in [7, 11) is 1.59. The number of nitrogens with zero attached hydrogens (tertiary/aromatic N) is 5. The minimum Gasteiger partial charge on any atom is -0.497 e. The number of amides is 2. The molecule has 0 saturated carbocycles. The van der Waals surface area contributed by atoms with Crippen LogP contribution in [-0.4, -0.2) is 42.0 Å². The van der Waals surface area contributed by atoms with E-state index >= 15 is 0 Å². The molecular formula is C19H19N5O3. The molecule has 0 atom stereocenters. The number of benzene rings is 2. The van der Waals surface area contributed by atoms with E-state index in [1.54, 1.807) is 30.3 Å². The van der Waals surface area contributed by atoms with Crippen LogP contribution in [-0.2, 0) is 17.8 Å². The molecule has 1 aliphatic heterocycles. The lowest BCUT2D eigenvalue weighted by molar-refractivity contribution is -0.143. The lowest BCUT2D eigenvalue weighted by Gasteiger charge is -2.36. The fourth-order valence-electron chi connectivity index (χ4n) is 3.03. The van der Waals surface area contributed by atoms with Crippen molar-refractivity contribution in [1.82, 2.24) is 10.0 Å². The molecule has 2 aromatic rings. The van der Waals surface area contributed by atoms with Crippen molar-refractivity contribution in [2.24, 2.45) is 5.11 Å². The van der Waals surface area contributed by atoms with Gasteiger partial charge in [0.25, 0.3) is 5.91 Å². The Kier molecular flexibility index (Phi) is 5.71. The molecule has 0 bridgehead atoms. The van der Waals surface area contributed by atoms with Gasteiger partial charge in [-0.05, 0) is 34.9 Å². The minimum absolute atomic E-state index is 0.144. The van der Waals surface area contributed by atoms with Crippen LogP contribution in [0.3, 0.4) is 0 Å². The predicted molar refractivity (Wildman–Crippen MR) is 98.7 cm³/mol. The van der Waals surface area contributed by atoms with E-state index in [0.29, 0.717) is 12.1 Å². The van der Waals surface area contributed by atoms with Crippen molar-refractivity contribution in [2.45, 2.75) is 13.0 Å². The number of azide groups is 1. The van der Waals surface area contributed by atoms with Gasteiger partial charge in [0.15, 0.2) is 0 Å². The summed E-state index contributed by atoms with van der Waals surface area (Å²) in [6, 6.07) is 14.5. The molecule has 27 heavy (non-hydrogen) atoms. The van der Waals surface area contributed by atoms with Crippen molar-refractivity contribution in [3.05, 3.63) is 75.7 Å². The Bertz CT molecular complexity index is 890. The first-order valence-electron chi connectivity index (χ1n) is 8.48. The van der Waals surface area contributed by atoms with Gasteiger partial charge in [0.05, 0.1) is 13.5 Å². The fourth-order valence-corrected chi connectivity index (χ4v) is 3.03. The highest BCUT2D eigenvalue weighted by atomic mass is 16.5. The summed E-state index contributed by atoms with van der Waals surface area (Å²) in [5.74, 6) is 0.0582. The van der Waals surface area contributed by atoms with E-state index in [1.165, 1.54) is 5.01 Å². The average Bonchev–Trinajstić information content (AvgIpc) is 2.68. The molecule has 0 N–H and O–H groups in total. The molecule has 2 aromatic carbocycles. The molecule has 0 saturated heterocycles. The number of hydrogen-bond acceptors (Lipinski definition) is 5. The quantitative estimate of drug-likeness (QED) is 0.326. The van der Waals surface area contributed by atoms with E-state index in [4.69, 9.17) is 10.3 Å². The molecule has 138 valence electrons. The van der Waals surface area contributed by atoms with E-state index in [1.807, 2.05) is 30.3 Å². The van der Waals surface area contributed by atoms with Gasteiger partial charge in [0.2, 0.25) is 5.91 Å². The highest BCUT2D eigenvalue weighted by Gasteiger charge is 2.34. The third-order valence-electron chi connectivity index (χ3n) is 4.35. The molecule has 3 rings (SSSR count). The van der Waals surface area contributed by atoms with Crippen LogP contribution in [0.4, 0.5) is 0 Å². The van der Waals surface area contributed by atoms with Gasteiger partial charge >= 0.3 is 0 Å². The van der Waals surface area contributed by atoms with Gasteiger partial charge < -0.3 is 4.74 Å². The van der Waals surface area contributed by atoms with Gasteiger partial charge in [-0.1, -0.05) is 35.4 Å². The minimum atomic E-state index is -0.365. The number of hydrogen-bond donors (Lipinski definition) is 0. The fraction of sp³-hybridized carbons (Fsp3) is 0.263. The van der Waals surface area contributed by atoms with Crippen LogP contribution in [0.25, 0.3) is 10.4 Å². The second-order valence-corrected chi connectivity index (χ2v) is 6.04. The highest BCUT2D eigenvalue weighted by molar-refractivity contribution is 6.09. The van der Waals surface area contributed by atoms with Crippen molar-refractivity contribution in [3.8, 4) is 5.75 Å². The normalized spacial score (nSPS) is 13.3. The number of hydrazine groups is 1. The number of carbonyl (C=O) groups excluding carboxylic acids is 2. The zero-order valence-electron chi connectivity index (χ0n) is 14.9. The van der Waals surface area contributed by atoms with Gasteiger partial charge in [0.1, 0.15) is 5.75 Å². The predicted octanol–water partition coefficient (Wildman–Crippen LogP) is 2.95. The maximum atomic E-state index is 12.9. The van der Waals surface area contributed by atoms with Crippen molar-refractivity contribution in [1.29, 1.82) is 0 Å². The standard InChI is InChI=1S/C19H19N5O3/c1-27-16-8-6-14(7-9-16)13-23(11-10-21-22-20)24-18(25)12-15-4-2-3-5-17(15)19(24)26/h2-9H,10-13H2,1H3. The van der Waals surface area contributed by atoms with Crippen LogP contribution < -0.4 is 4.74 Å². The smallest absolute Gasteiger partial charge is 0.275 e. The molecule has 0 fully saturated rings. The summed E-state index contributed by atoms with van der Waals surface area (Å²) in [4.78, 5) is 28.4. The van der Waals surface area contributed by atoms with E-state index in [0.717, 1.165) is 16.9 Å². The van der Waals surface area contributed by atoms with Gasteiger partial charge in [-0.15, -0.1) is 0 Å². The first-order valence-corrected chi connectivity index (χ1v) is 8.48. The Labute approximate surface area is 156 Å². The Morgan fingerprint density at radius 1 is 1.19 bits per heavy atom. The maximum absolute atomic E-state index is 12.9. The molecule has 0 spiro atoms. The van der Waals surface area contributed by atoms with Gasteiger partial charge in [-0.2, -0.15) is 0 Å². The largest absolute Gasteiger partial charge is 0.497 e. The molecule has 0 aliphatic carbocycles. The van der Waals surface area contributed by atoms with E-state index < -0.39 is 0 Å². The molecule has 8 nitrogen and oxygen atoms in total. The number of imide groups is 1. The Morgan fingerprint density at radius 2 is 1.93 bits per heavy atom. The van der Waals surface area contributed by atoms with Crippen LogP contribution in [0.1, 0.15) is 21.5 Å². The molecule has 0 aromatic heterocycles. The highest BCUT2D eigenvalue weighted by Crippen LogP contribution is 2.23. The summed E-state index contributed by atoms with van der Waals surface area (Å²) in [5, 5.41) is 6.33. The number of methoxy groups -OCH3 is 1. The molecule has 0 radical (unpaired) electrons. The lowest BCUT2D eigenvalue weighted by Crippen LogP contribution is -2.53. The zero-order chi connectivity index (χ0) is 19.2. The number of fused-ring (bicyclic) bond motifs is 1. The van der Waals surface area contributed by atoms with Crippen molar-refractivity contribution in [3.63, 3.8) is 0 Å². The SMILES string of the molecule is COc1ccc(CN(CCN=[N+]=[N-])N2C(=O)Cc3ccccc3C2=O)cc1. The van der Waals surface area contributed by atoms with Crippen molar-refractivity contribution < 1.29 is 14.3 Å². The van der Waals surface area contributed by atoms with Crippen molar-refractivity contribution in [2.75, 3.05) is 20.2 Å². The topological polar surface area (TPSA) is 98.6 Å². The van der Waals surface area contributed by atoms with E-state index in [9.17, 15) is 9.59 Å². The second-order valence-electron chi connectivity index (χ2n) is 6.04. The van der Waals surface area contributed by atoms with Crippen LogP contribution in [0.15, 0.2) is 53.6 Å². The third kappa shape index (κ3) is 4.08. The summed E-state index contributed by atoms with van der Waals surface area (Å²) in [6.07, 6.45) is 0.155. The first-order chi connectivity index (χ1) is 13.1. The number of carbonyl (C=O) groups is 2. The van der Waals surface area contributed by atoms with Crippen LogP contribution in [0, 0.1) is 0 Å². The number of rotatable bonds is 7. The van der Waals surface area contributed by atoms with Crippen LogP contribution in [0.5, 0.6) is 5.75 Å². The van der Waals surface area contributed by atoms with Crippen LogP contribution >= 0.6 is 0 Å². The van der Waals surface area contributed by atoms with E-state index in [-0.39, 0.29) is 31.3 Å². The first kappa shape index (κ1) is 18.4. The molecule has 1 heterocycles. The zero-order valence-corrected chi connectivity index (χ0v) is 14.9. The summed E-state index contributed by atoms with van der Waals surface area (Å²) in [5.41, 5.74) is 10.7. The van der Waals surface area contributed by atoms with Gasteiger partial charge in [0, 0.05) is 30.1 Å². The number of ether oxygens (including phenoxy) is 1. The van der Waals surface area contributed by atoms with Gasteiger partial charge in [-0.3, -0.25) is 9.59 Å². The van der Waals surface area contributed by atoms with E-state index in [2.05, 4.69) is 10.0 Å². The molecule has 1 aliphatic rings. The molecular weight excluding hydrogens is 346 g/mol. The summed E-state index contributed by atoms with van der Waals surface area (Å²) >= 11 is 0. The lowest BCUT2D eigenvalue weighted by atomic mass is 9.99. The van der Waals surface area contributed by atoms with Crippen molar-refractivity contribution >= 4 is 11.8 Å². The summed E-state index contributed by atoms with van der Waals surface area (Å²) in [6.45, 7) is 0.714. The third-order valence-corrected chi connectivity index (χ3v) is 4.35.